The summed E-state index contributed by atoms with van der Waals surface area (Å²) in [5.74, 6) is 1.02. The largest absolute Gasteiger partial charge is 0.495 e. The molecule has 0 radical (unpaired) electrons. The maximum atomic E-state index is 12.1. The summed E-state index contributed by atoms with van der Waals surface area (Å²) < 4.78 is 5.13. The number of carbonyl (C=O) groups excluding carboxylic acids is 1. The number of nitrogens with zero attached hydrogens (tertiary/aromatic N) is 1. The highest BCUT2D eigenvalue weighted by Gasteiger charge is 2.21. The Morgan fingerprint density at radius 2 is 2.35 bits per heavy atom. The maximum Gasteiger partial charge on any atom is 0.251 e. The van der Waals surface area contributed by atoms with E-state index < -0.39 is 0 Å². The first-order valence-electron chi connectivity index (χ1n) is 7.08. The van der Waals surface area contributed by atoms with Crippen molar-refractivity contribution in [2.75, 3.05) is 39.0 Å². The van der Waals surface area contributed by atoms with E-state index in [0.29, 0.717) is 22.9 Å². The summed E-state index contributed by atoms with van der Waals surface area (Å²) in [6.45, 7) is 6.18. The predicted molar refractivity (Wildman–Crippen MR) is 80.0 cm³/mol. The number of amides is 1. The molecule has 20 heavy (non-hydrogen) atoms. The molecule has 1 unspecified atom stereocenters. The maximum absolute atomic E-state index is 12.1. The fourth-order valence-electron chi connectivity index (χ4n) is 2.56. The summed E-state index contributed by atoms with van der Waals surface area (Å²) in [6.07, 6.45) is 1.15. The molecule has 1 aliphatic heterocycles. The zero-order chi connectivity index (χ0) is 14.5. The van der Waals surface area contributed by atoms with E-state index in [-0.39, 0.29) is 5.91 Å². The van der Waals surface area contributed by atoms with Gasteiger partial charge in [0.05, 0.1) is 12.8 Å². The van der Waals surface area contributed by atoms with E-state index in [4.69, 9.17) is 10.5 Å². The van der Waals surface area contributed by atoms with Crippen LogP contribution in [-0.2, 0) is 0 Å². The first-order valence-corrected chi connectivity index (χ1v) is 7.08. The number of methoxy groups -OCH3 is 1. The number of nitrogens with two attached hydrogens (primary N) is 1. The topological polar surface area (TPSA) is 67.6 Å². The Bertz CT molecular complexity index is 476. The Balaban J connectivity index is 1.89. The van der Waals surface area contributed by atoms with E-state index in [1.54, 1.807) is 25.3 Å². The summed E-state index contributed by atoms with van der Waals surface area (Å²) in [5.41, 5.74) is 6.87. The van der Waals surface area contributed by atoms with Gasteiger partial charge < -0.3 is 20.7 Å². The van der Waals surface area contributed by atoms with Crippen molar-refractivity contribution < 1.29 is 9.53 Å². The zero-order valence-corrected chi connectivity index (χ0v) is 12.2. The van der Waals surface area contributed by atoms with Gasteiger partial charge in [0.2, 0.25) is 0 Å². The molecule has 110 valence electrons. The lowest BCUT2D eigenvalue weighted by molar-refractivity contribution is 0.0947. The van der Waals surface area contributed by atoms with Gasteiger partial charge in [-0.25, -0.2) is 0 Å². The van der Waals surface area contributed by atoms with E-state index in [1.807, 2.05) is 0 Å². The van der Waals surface area contributed by atoms with Crippen LogP contribution in [0.5, 0.6) is 5.75 Å². The van der Waals surface area contributed by atoms with Gasteiger partial charge in [-0.05, 0) is 43.6 Å². The Kier molecular flexibility index (Phi) is 4.84. The van der Waals surface area contributed by atoms with Gasteiger partial charge in [0.15, 0.2) is 0 Å². The third-order valence-electron chi connectivity index (χ3n) is 3.86. The highest BCUT2D eigenvalue weighted by atomic mass is 16.5. The van der Waals surface area contributed by atoms with Gasteiger partial charge in [0, 0.05) is 18.7 Å². The van der Waals surface area contributed by atoms with Crippen LogP contribution in [-0.4, -0.2) is 44.1 Å². The quantitative estimate of drug-likeness (QED) is 0.797. The smallest absolute Gasteiger partial charge is 0.251 e. The normalized spacial score (nSPS) is 19.0. The van der Waals surface area contributed by atoms with E-state index in [2.05, 4.69) is 17.1 Å². The van der Waals surface area contributed by atoms with E-state index in [1.165, 1.54) is 0 Å². The molecular weight excluding hydrogens is 254 g/mol. The lowest BCUT2D eigenvalue weighted by atomic mass is 10.1. The van der Waals surface area contributed by atoms with Crippen molar-refractivity contribution in [2.24, 2.45) is 5.92 Å². The average Bonchev–Trinajstić information content (AvgIpc) is 2.93. The highest BCUT2D eigenvalue weighted by molar-refractivity contribution is 5.95. The van der Waals surface area contributed by atoms with Crippen LogP contribution in [0.1, 0.15) is 23.7 Å². The number of rotatable bonds is 5. The van der Waals surface area contributed by atoms with Crippen LogP contribution in [0.3, 0.4) is 0 Å². The van der Waals surface area contributed by atoms with Crippen molar-refractivity contribution in [1.82, 2.24) is 10.2 Å². The van der Waals surface area contributed by atoms with Crippen molar-refractivity contribution in [2.45, 2.75) is 13.3 Å². The van der Waals surface area contributed by atoms with Crippen LogP contribution in [0.2, 0.25) is 0 Å². The second-order valence-corrected chi connectivity index (χ2v) is 5.21. The number of benzene rings is 1. The molecule has 2 rings (SSSR count). The van der Waals surface area contributed by atoms with Crippen LogP contribution < -0.4 is 15.8 Å². The first kappa shape index (κ1) is 14.7. The summed E-state index contributed by atoms with van der Waals surface area (Å²) in [6, 6.07) is 5.10. The lowest BCUT2D eigenvalue weighted by Gasteiger charge is -2.14. The van der Waals surface area contributed by atoms with Crippen molar-refractivity contribution in [3.63, 3.8) is 0 Å². The number of hydrogen-bond acceptors (Lipinski definition) is 4. The highest BCUT2D eigenvalue weighted by Crippen LogP contribution is 2.22. The number of likely N-dealkylation sites (tertiary alicyclic amines) is 1. The molecule has 5 nitrogen and oxygen atoms in total. The molecule has 1 amide bonds. The van der Waals surface area contributed by atoms with Crippen LogP contribution in [0.4, 0.5) is 5.69 Å². The minimum absolute atomic E-state index is 0.0711. The molecule has 0 spiro atoms. The summed E-state index contributed by atoms with van der Waals surface area (Å²) in [7, 11) is 1.55. The van der Waals surface area contributed by atoms with Crippen molar-refractivity contribution in [1.29, 1.82) is 0 Å². The van der Waals surface area contributed by atoms with Crippen molar-refractivity contribution in [3.05, 3.63) is 23.8 Å². The molecule has 3 N–H and O–H groups in total. The Labute approximate surface area is 120 Å². The molecule has 0 aromatic heterocycles. The second-order valence-electron chi connectivity index (χ2n) is 5.21. The second kappa shape index (κ2) is 6.61. The van der Waals surface area contributed by atoms with Gasteiger partial charge in [-0.3, -0.25) is 4.79 Å². The molecule has 0 bridgehead atoms. The molecule has 1 aliphatic rings. The monoisotopic (exact) mass is 277 g/mol. The third kappa shape index (κ3) is 3.42. The molecule has 0 saturated carbocycles. The van der Waals surface area contributed by atoms with Gasteiger partial charge in [-0.2, -0.15) is 0 Å². The number of nitrogens with one attached hydrogen (secondary N) is 1. The standard InChI is InChI=1S/C15H23N3O2/c1-3-18-7-6-11(10-18)9-17-15(19)12-4-5-13(16)14(8-12)20-2/h4-5,8,11H,3,6-7,9-10,16H2,1-2H3,(H,17,19). The molecule has 1 saturated heterocycles. The molecule has 1 heterocycles. The minimum atomic E-state index is -0.0711. The van der Waals surface area contributed by atoms with Gasteiger partial charge in [-0.1, -0.05) is 6.92 Å². The fourth-order valence-corrected chi connectivity index (χ4v) is 2.56. The molecule has 5 heteroatoms. The average molecular weight is 277 g/mol. The molecule has 0 aliphatic carbocycles. The third-order valence-corrected chi connectivity index (χ3v) is 3.86. The molecular formula is C15H23N3O2. The zero-order valence-electron chi connectivity index (χ0n) is 12.2. The molecule has 1 atom stereocenters. The predicted octanol–water partition coefficient (Wildman–Crippen LogP) is 1.35. The Hall–Kier alpha value is -1.75. The van der Waals surface area contributed by atoms with Gasteiger partial charge in [0.1, 0.15) is 5.75 Å². The number of ether oxygens (including phenoxy) is 1. The van der Waals surface area contributed by atoms with Crippen molar-refractivity contribution >= 4 is 11.6 Å². The summed E-state index contributed by atoms with van der Waals surface area (Å²) in [5, 5.41) is 2.99. The van der Waals surface area contributed by atoms with Gasteiger partial charge in [0.25, 0.3) is 5.91 Å². The fraction of sp³-hybridized carbons (Fsp3) is 0.533. The molecule has 1 aromatic rings. The van der Waals surface area contributed by atoms with Crippen LogP contribution in [0, 0.1) is 5.92 Å². The van der Waals surface area contributed by atoms with Crippen LogP contribution in [0.15, 0.2) is 18.2 Å². The molecule has 1 fully saturated rings. The number of hydrogen-bond donors (Lipinski definition) is 2. The van der Waals surface area contributed by atoms with Crippen molar-refractivity contribution in [3.8, 4) is 5.75 Å². The van der Waals surface area contributed by atoms with Crippen LogP contribution in [0.25, 0.3) is 0 Å². The number of anilines is 1. The lowest BCUT2D eigenvalue weighted by Crippen LogP contribution is -2.31. The minimum Gasteiger partial charge on any atom is -0.495 e. The van der Waals surface area contributed by atoms with Crippen LogP contribution >= 0.6 is 0 Å². The van der Waals surface area contributed by atoms with E-state index in [9.17, 15) is 4.79 Å². The Morgan fingerprint density at radius 1 is 1.55 bits per heavy atom. The number of carbonyl (C=O) groups is 1. The first-order chi connectivity index (χ1) is 9.63. The van der Waals surface area contributed by atoms with Gasteiger partial charge >= 0.3 is 0 Å². The summed E-state index contributed by atoms with van der Waals surface area (Å²) in [4.78, 5) is 14.5. The Morgan fingerprint density at radius 3 is 3.00 bits per heavy atom. The van der Waals surface area contributed by atoms with E-state index >= 15 is 0 Å². The van der Waals surface area contributed by atoms with Gasteiger partial charge in [-0.15, -0.1) is 0 Å². The number of nitrogen functional groups attached to an aromatic ring is 1. The SMILES string of the molecule is CCN1CCC(CNC(=O)c2ccc(N)c(OC)c2)C1. The molecule has 1 aromatic carbocycles. The van der Waals surface area contributed by atoms with E-state index in [0.717, 1.165) is 32.6 Å². The summed E-state index contributed by atoms with van der Waals surface area (Å²) >= 11 is 0.